The Hall–Kier alpha value is -2.76. The van der Waals surface area contributed by atoms with Crippen LogP contribution in [0.1, 0.15) is 24.5 Å². The first-order valence-corrected chi connectivity index (χ1v) is 12.2. The summed E-state index contributed by atoms with van der Waals surface area (Å²) >= 11 is 7.91. The van der Waals surface area contributed by atoms with Crippen LogP contribution in [0.25, 0.3) is 0 Å². The zero-order valence-corrected chi connectivity index (χ0v) is 19.6. The van der Waals surface area contributed by atoms with Crippen LogP contribution in [-0.2, 0) is 6.42 Å². The summed E-state index contributed by atoms with van der Waals surface area (Å²) in [5.41, 5.74) is 3.96. The lowest BCUT2D eigenvalue weighted by Crippen LogP contribution is -2.30. The molecule has 1 aliphatic rings. The number of benzene rings is 3. The minimum atomic E-state index is -0.209. The topological polar surface area (TPSA) is 44.7 Å². The third-order valence-electron chi connectivity index (χ3n) is 5.47. The summed E-state index contributed by atoms with van der Waals surface area (Å²) < 4.78 is 0. The van der Waals surface area contributed by atoms with Crippen molar-refractivity contribution in [3.05, 3.63) is 95.0 Å². The maximum atomic E-state index is 12.9. The van der Waals surface area contributed by atoms with Gasteiger partial charge in [-0.1, -0.05) is 61.0 Å². The number of halogens is 1. The lowest BCUT2D eigenvalue weighted by molar-refractivity contribution is 0.215. The average molecular weight is 464 g/mol. The van der Waals surface area contributed by atoms with Crippen LogP contribution in [0.15, 0.2) is 88.9 Å². The van der Waals surface area contributed by atoms with Crippen molar-refractivity contribution >= 4 is 40.8 Å². The normalized spacial score (nSPS) is 15.5. The van der Waals surface area contributed by atoms with E-state index in [2.05, 4.69) is 36.5 Å². The van der Waals surface area contributed by atoms with E-state index in [1.165, 1.54) is 10.5 Å². The molecule has 0 spiro atoms. The summed E-state index contributed by atoms with van der Waals surface area (Å²) in [6, 6.07) is 25.8. The van der Waals surface area contributed by atoms with Crippen LogP contribution in [0.3, 0.4) is 0 Å². The van der Waals surface area contributed by atoms with E-state index in [0.29, 0.717) is 11.6 Å². The van der Waals surface area contributed by atoms with Crippen LogP contribution in [-0.4, -0.2) is 29.0 Å². The number of thioether (sulfide) groups is 1. The van der Waals surface area contributed by atoms with Gasteiger partial charge in [-0.05, 0) is 66.1 Å². The van der Waals surface area contributed by atoms with Crippen molar-refractivity contribution in [1.29, 1.82) is 0 Å². The number of hydrazone groups is 1. The molecule has 164 valence electrons. The molecule has 0 saturated heterocycles. The summed E-state index contributed by atoms with van der Waals surface area (Å²) in [5.74, 6) is 1.12. The molecule has 4 rings (SSSR count). The van der Waals surface area contributed by atoms with E-state index in [1.807, 2.05) is 66.4 Å². The first-order chi connectivity index (χ1) is 15.6. The van der Waals surface area contributed by atoms with Gasteiger partial charge in [-0.2, -0.15) is 5.10 Å². The predicted octanol–water partition coefficient (Wildman–Crippen LogP) is 6.95. The van der Waals surface area contributed by atoms with E-state index >= 15 is 0 Å². The number of carbonyl (C=O) groups is 1. The van der Waals surface area contributed by atoms with Crippen LogP contribution in [0, 0.1) is 5.92 Å². The van der Waals surface area contributed by atoms with E-state index in [-0.39, 0.29) is 11.9 Å². The summed E-state index contributed by atoms with van der Waals surface area (Å²) in [6.45, 7) is 2.67. The van der Waals surface area contributed by atoms with Gasteiger partial charge in [0, 0.05) is 21.5 Å². The number of carbonyl (C=O) groups excluding carboxylic acids is 1. The van der Waals surface area contributed by atoms with Gasteiger partial charge in [-0.25, -0.2) is 9.80 Å². The molecule has 0 bridgehead atoms. The molecule has 0 aromatic heterocycles. The van der Waals surface area contributed by atoms with Crippen molar-refractivity contribution in [2.45, 2.75) is 24.7 Å². The molecule has 0 fully saturated rings. The SMILES string of the molecule is CCc1ccc(NC(=O)N2CC(CCSc3ccccc3)C(c3ccc(Cl)cc3)=N2)cc1. The number of amides is 2. The second kappa shape index (κ2) is 10.7. The fraction of sp³-hybridized carbons (Fsp3) is 0.231. The maximum absolute atomic E-state index is 12.9. The Morgan fingerprint density at radius 3 is 2.47 bits per heavy atom. The van der Waals surface area contributed by atoms with E-state index in [9.17, 15) is 4.79 Å². The molecule has 6 heteroatoms. The predicted molar refractivity (Wildman–Crippen MR) is 135 cm³/mol. The molecular formula is C26H26ClN3OS. The van der Waals surface area contributed by atoms with Gasteiger partial charge in [0.15, 0.2) is 0 Å². The number of urea groups is 1. The zero-order chi connectivity index (χ0) is 22.3. The van der Waals surface area contributed by atoms with Crippen molar-refractivity contribution in [3.63, 3.8) is 0 Å². The summed E-state index contributed by atoms with van der Waals surface area (Å²) in [4.78, 5) is 14.2. The summed E-state index contributed by atoms with van der Waals surface area (Å²) in [5, 5.41) is 9.92. The molecule has 1 N–H and O–H groups in total. The molecular weight excluding hydrogens is 438 g/mol. The molecule has 1 aliphatic heterocycles. The Morgan fingerprint density at radius 1 is 1.06 bits per heavy atom. The second-order valence-corrected chi connectivity index (χ2v) is 9.31. The number of anilines is 1. The highest BCUT2D eigenvalue weighted by atomic mass is 35.5. The lowest BCUT2D eigenvalue weighted by Gasteiger charge is -2.16. The quantitative estimate of drug-likeness (QED) is 0.385. The van der Waals surface area contributed by atoms with Crippen molar-refractivity contribution in [2.75, 3.05) is 17.6 Å². The van der Waals surface area contributed by atoms with Gasteiger partial charge < -0.3 is 5.32 Å². The number of nitrogens with one attached hydrogen (secondary N) is 1. The fourth-order valence-electron chi connectivity index (χ4n) is 3.67. The fourth-order valence-corrected chi connectivity index (χ4v) is 4.78. The third kappa shape index (κ3) is 5.72. The monoisotopic (exact) mass is 463 g/mol. The second-order valence-electron chi connectivity index (χ2n) is 7.70. The molecule has 1 atom stereocenters. The Morgan fingerprint density at radius 2 is 1.78 bits per heavy atom. The Balaban J connectivity index is 1.46. The number of hydrogen-bond donors (Lipinski definition) is 1. The highest BCUT2D eigenvalue weighted by Gasteiger charge is 2.31. The highest BCUT2D eigenvalue weighted by Crippen LogP contribution is 2.27. The summed E-state index contributed by atoms with van der Waals surface area (Å²) in [6.07, 6.45) is 1.90. The van der Waals surface area contributed by atoms with Crippen LogP contribution in [0.5, 0.6) is 0 Å². The molecule has 0 saturated carbocycles. The molecule has 0 radical (unpaired) electrons. The molecule has 1 heterocycles. The zero-order valence-electron chi connectivity index (χ0n) is 18.0. The summed E-state index contributed by atoms with van der Waals surface area (Å²) in [7, 11) is 0. The van der Waals surface area contributed by atoms with Crippen LogP contribution < -0.4 is 5.32 Å². The molecule has 2 amide bonds. The Kier molecular flexibility index (Phi) is 7.51. The van der Waals surface area contributed by atoms with Crippen molar-refractivity contribution < 1.29 is 4.79 Å². The van der Waals surface area contributed by atoms with E-state index < -0.39 is 0 Å². The van der Waals surface area contributed by atoms with Gasteiger partial charge in [-0.3, -0.25) is 0 Å². The number of nitrogens with zero attached hydrogens (tertiary/aromatic N) is 2. The van der Waals surface area contributed by atoms with Crippen LogP contribution in [0.4, 0.5) is 10.5 Å². The van der Waals surface area contributed by atoms with Crippen molar-refractivity contribution in [2.24, 2.45) is 11.0 Å². The Labute approximate surface area is 198 Å². The van der Waals surface area contributed by atoms with Crippen molar-refractivity contribution in [1.82, 2.24) is 5.01 Å². The van der Waals surface area contributed by atoms with Gasteiger partial charge in [0.05, 0.1) is 12.3 Å². The molecule has 1 unspecified atom stereocenters. The highest BCUT2D eigenvalue weighted by molar-refractivity contribution is 7.99. The van der Waals surface area contributed by atoms with Gasteiger partial charge in [-0.15, -0.1) is 11.8 Å². The first kappa shape index (κ1) is 22.4. The number of rotatable bonds is 7. The van der Waals surface area contributed by atoms with Gasteiger partial charge in [0.2, 0.25) is 0 Å². The average Bonchev–Trinajstić information content (AvgIpc) is 3.25. The maximum Gasteiger partial charge on any atom is 0.342 e. The van der Waals surface area contributed by atoms with E-state index in [1.54, 1.807) is 5.01 Å². The minimum absolute atomic E-state index is 0.167. The van der Waals surface area contributed by atoms with Gasteiger partial charge in [0.1, 0.15) is 0 Å². The first-order valence-electron chi connectivity index (χ1n) is 10.8. The molecule has 0 aliphatic carbocycles. The van der Waals surface area contributed by atoms with Crippen molar-refractivity contribution in [3.8, 4) is 0 Å². The lowest BCUT2D eigenvalue weighted by atomic mass is 9.95. The molecule has 4 nitrogen and oxygen atoms in total. The van der Waals surface area contributed by atoms with Gasteiger partial charge >= 0.3 is 6.03 Å². The smallest absolute Gasteiger partial charge is 0.306 e. The minimum Gasteiger partial charge on any atom is -0.306 e. The van der Waals surface area contributed by atoms with Gasteiger partial charge in [0.25, 0.3) is 0 Å². The van der Waals surface area contributed by atoms with E-state index in [4.69, 9.17) is 16.7 Å². The van der Waals surface area contributed by atoms with E-state index in [0.717, 1.165) is 35.6 Å². The van der Waals surface area contributed by atoms with Crippen LogP contribution >= 0.6 is 23.4 Å². The number of aryl methyl sites for hydroxylation is 1. The van der Waals surface area contributed by atoms with Crippen LogP contribution in [0.2, 0.25) is 5.02 Å². The molecule has 32 heavy (non-hydrogen) atoms. The molecule has 3 aromatic rings. The largest absolute Gasteiger partial charge is 0.342 e. The number of hydrogen-bond acceptors (Lipinski definition) is 3. The standard InChI is InChI=1S/C26H26ClN3OS/c1-2-19-8-14-23(15-9-19)28-26(31)30-18-21(16-17-32-24-6-4-3-5-7-24)25(29-30)20-10-12-22(27)13-11-20/h3-15,21H,2,16-18H2,1H3,(H,28,31). The Bertz CT molecular complexity index is 1070. The third-order valence-corrected chi connectivity index (χ3v) is 6.77. The molecule has 3 aromatic carbocycles.